The van der Waals surface area contributed by atoms with E-state index in [-0.39, 0.29) is 11.8 Å². The lowest BCUT2D eigenvalue weighted by atomic mass is 9.75. The molecule has 2 unspecified atom stereocenters. The molecule has 0 aromatic rings. The van der Waals surface area contributed by atoms with Crippen molar-refractivity contribution in [2.24, 2.45) is 11.8 Å². The molecule has 1 aliphatic rings. The quantitative estimate of drug-likeness (QED) is 0.651. The zero-order valence-electron chi connectivity index (χ0n) is 8.13. The molecule has 0 spiro atoms. The number of hydrogen-bond donors (Lipinski definition) is 1. The van der Waals surface area contributed by atoms with Crippen LogP contribution in [0.3, 0.4) is 0 Å². The van der Waals surface area contributed by atoms with E-state index < -0.39 is 5.60 Å². The molecule has 0 aromatic heterocycles. The molecule has 2 heteroatoms. The maximum atomic E-state index is 11.3. The highest BCUT2D eigenvalue weighted by Crippen LogP contribution is 2.32. The van der Waals surface area contributed by atoms with E-state index in [1.54, 1.807) is 13.8 Å². The van der Waals surface area contributed by atoms with Crippen LogP contribution in [-0.4, -0.2) is 16.5 Å². The lowest BCUT2D eigenvalue weighted by Gasteiger charge is -2.33. The predicted molar refractivity (Wildman–Crippen MR) is 47.8 cm³/mol. The van der Waals surface area contributed by atoms with Crippen LogP contribution in [-0.2, 0) is 4.79 Å². The molecule has 0 heterocycles. The van der Waals surface area contributed by atoms with Gasteiger partial charge in [0.15, 0.2) is 0 Å². The number of aliphatic hydroxyl groups is 1. The molecular weight excluding hydrogens is 152 g/mol. The zero-order chi connectivity index (χ0) is 9.35. The van der Waals surface area contributed by atoms with Crippen LogP contribution in [0.4, 0.5) is 0 Å². The second kappa shape index (κ2) is 3.17. The van der Waals surface area contributed by atoms with Crippen molar-refractivity contribution in [1.82, 2.24) is 0 Å². The molecule has 2 nitrogen and oxygen atoms in total. The monoisotopic (exact) mass is 170 g/mol. The second-order valence-corrected chi connectivity index (χ2v) is 4.50. The highest BCUT2D eigenvalue weighted by molar-refractivity contribution is 5.81. The Morgan fingerprint density at radius 1 is 1.42 bits per heavy atom. The number of carbonyl (C=O) groups is 1. The van der Waals surface area contributed by atoms with E-state index in [1.807, 2.05) is 6.92 Å². The third kappa shape index (κ3) is 2.07. The maximum absolute atomic E-state index is 11.3. The smallest absolute Gasteiger partial charge is 0.136 e. The van der Waals surface area contributed by atoms with Gasteiger partial charge in [-0.25, -0.2) is 0 Å². The minimum Gasteiger partial charge on any atom is -0.390 e. The van der Waals surface area contributed by atoms with Gasteiger partial charge in [0.25, 0.3) is 0 Å². The topological polar surface area (TPSA) is 37.3 Å². The minimum atomic E-state index is -0.685. The van der Waals surface area contributed by atoms with Crippen molar-refractivity contribution in [2.45, 2.75) is 45.6 Å². The Bertz CT molecular complexity index is 179. The first-order valence-corrected chi connectivity index (χ1v) is 4.66. The number of rotatable bonds is 1. The Kier molecular flexibility index (Phi) is 2.57. The molecule has 1 saturated carbocycles. The van der Waals surface area contributed by atoms with Crippen LogP contribution in [0, 0.1) is 11.8 Å². The van der Waals surface area contributed by atoms with Crippen LogP contribution in [0.5, 0.6) is 0 Å². The van der Waals surface area contributed by atoms with Crippen molar-refractivity contribution in [1.29, 1.82) is 0 Å². The van der Waals surface area contributed by atoms with E-state index in [1.165, 1.54) is 0 Å². The first kappa shape index (κ1) is 9.72. The maximum Gasteiger partial charge on any atom is 0.136 e. The van der Waals surface area contributed by atoms with E-state index in [0.717, 1.165) is 12.8 Å². The molecule has 0 aliphatic heterocycles. The fraction of sp³-hybridized carbons (Fsp3) is 0.900. The lowest BCUT2D eigenvalue weighted by molar-refractivity contribution is -0.129. The number of ketones is 1. The van der Waals surface area contributed by atoms with Crippen LogP contribution in [0.1, 0.15) is 40.0 Å². The van der Waals surface area contributed by atoms with Crippen molar-refractivity contribution in [3.63, 3.8) is 0 Å². The molecule has 2 atom stereocenters. The Hall–Kier alpha value is -0.370. The molecule has 0 bridgehead atoms. The van der Waals surface area contributed by atoms with E-state index in [2.05, 4.69) is 0 Å². The largest absolute Gasteiger partial charge is 0.390 e. The fourth-order valence-electron chi connectivity index (χ4n) is 1.76. The molecule has 1 fully saturated rings. The van der Waals surface area contributed by atoms with Gasteiger partial charge in [0, 0.05) is 12.3 Å². The summed E-state index contributed by atoms with van der Waals surface area (Å²) in [7, 11) is 0. The van der Waals surface area contributed by atoms with Crippen molar-refractivity contribution in [3.8, 4) is 0 Å². The van der Waals surface area contributed by atoms with Gasteiger partial charge in [-0.1, -0.05) is 6.92 Å². The molecule has 0 aromatic carbocycles. The molecule has 0 saturated heterocycles. The average Bonchev–Trinajstić information content (AvgIpc) is 1.92. The van der Waals surface area contributed by atoms with Gasteiger partial charge >= 0.3 is 0 Å². The summed E-state index contributed by atoms with van der Waals surface area (Å²) in [5.74, 6) is 0.693. The number of carbonyl (C=O) groups excluding carboxylic acids is 1. The highest BCUT2D eigenvalue weighted by atomic mass is 16.3. The lowest BCUT2D eigenvalue weighted by Crippen LogP contribution is -2.37. The van der Waals surface area contributed by atoms with Crippen LogP contribution in [0.2, 0.25) is 0 Å². The Labute approximate surface area is 74.0 Å². The fourth-order valence-corrected chi connectivity index (χ4v) is 1.76. The van der Waals surface area contributed by atoms with E-state index in [4.69, 9.17) is 0 Å². The van der Waals surface area contributed by atoms with Gasteiger partial charge in [-0.05, 0) is 32.6 Å². The number of hydrogen-bond acceptors (Lipinski definition) is 2. The zero-order valence-corrected chi connectivity index (χ0v) is 8.13. The van der Waals surface area contributed by atoms with Gasteiger partial charge < -0.3 is 5.11 Å². The van der Waals surface area contributed by atoms with Crippen molar-refractivity contribution < 1.29 is 9.90 Å². The Morgan fingerprint density at radius 3 is 2.42 bits per heavy atom. The van der Waals surface area contributed by atoms with E-state index >= 15 is 0 Å². The first-order valence-electron chi connectivity index (χ1n) is 4.66. The average molecular weight is 170 g/mol. The second-order valence-electron chi connectivity index (χ2n) is 4.50. The Balaban J connectivity index is 2.57. The van der Waals surface area contributed by atoms with Crippen LogP contribution >= 0.6 is 0 Å². The summed E-state index contributed by atoms with van der Waals surface area (Å²) in [5.41, 5.74) is -0.685. The van der Waals surface area contributed by atoms with Gasteiger partial charge in [0.05, 0.1) is 5.60 Å². The third-order valence-corrected chi connectivity index (χ3v) is 2.94. The molecule has 0 amide bonds. The van der Waals surface area contributed by atoms with E-state index in [0.29, 0.717) is 12.2 Å². The molecule has 70 valence electrons. The third-order valence-electron chi connectivity index (χ3n) is 2.94. The molecule has 12 heavy (non-hydrogen) atoms. The van der Waals surface area contributed by atoms with Gasteiger partial charge in [-0.3, -0.25) is 4.79 Å². The van der Waals surface area contributed by atoms with Gasteiger partial charge in [-0.2, -0.15) is 0 Å². The summed E-state index contributed by atoms with van der Waals surface area (Å²) in [5, 5.41) is 9.69. The molecule has 1 aliphatic carbocycles. The summed E-state index contributed by atoms with van der Waals surface area (Å²) < 4.78 is 0. The summed E-state index contributed by atoms with van der Waals surface area (Å²) in [6, 6.07) is 0. The predicted octanol–water partition coefficient (Wildman–Crippen LogP) is 1.76. The van der Waals surface area contributed by atoms with Crippen LogP contribution < -0.4 is 0 Å². The SMILES string of the molecule is CC1CCC(C(C)(C)O)CC1=O. The summed E-state index contributed by atoms with van der Waals surface area (Å²) >= 11 is 0. The molecular formula is C10H18O2. The van der Waals surface area contributed by atoms with Crippen molar-refractivity contribution in [3.05, 3.63) is 0 Å². The summed E-state index contributed by atoms with van der Waals surface area (Å²) in [6.45, 7) is 5.56. The molecule has 0 radical (unpaired) electrons. The summed E-state index contributed by atoms with van der Waals surface area (Å²) in [6.07, 6.45) is 2.48. The van der Waals surface area contributed by atoms with Crippen molar-refractivity contribution in [2.75, 3.05) is 0 Å². The van der Waals surface area contributed by atoms with Gasteiger partial charge in [0.1, 0.15) is 5.78 Å². The first-order chi connectivity index (χ1) is 5.41. The standard InChI is InChI=1S/C10H18O2/c1-7-4-5-8(6-9(7)11)10(2,3)12/h7-8,12H,4-6H2,1-3H3. The van der Waals surface area contributed by atoms with E-state index in [9.17, 15) is 9.90 Å². The highest BCUT2D eigenvalue weighted by Gasteiger charge is 2.34. The summed E-state index contributed by atoms with van der Waals surface area (Å²) in [4.78, 5) is 11.3. The molecule has 1 rings (SSSR count). The Morgan fingerprint density at radius 2 is 2.00 bits per heavy atom. The van der Waals surface area contributed by atoms with Crippen molar-refractivity contribution >= 4 is 5.78 Å². The minimum absolute atomic E-state index is 0.168. The van der Waals surface area contributed by atoms with Crippen LogP contribution in [0.25, 0.3) is 0 Å². The normalized spacial score (nSPS) is 32.2. The molecule has 1 N–H and O–H groups in total. The van der Waals surface area contributed by atoms with Gasteiger partial charge in [0.2, 0.25) is 0 Å². The van der Waals surface area contributed by atoms with Gasteiger partial charge in [-0.15, -0.1) is 0 Å². The van der Waals surface area contributed by atoms with Crippen LogP contribution in [0.15, 0.2) is 0 Å². The number of Topliss-reactive ketones (excluding diaryl/α,β-unsaturated/α-hetero) is 1.